The molecule has 0 radical (unpaired) electrons. The normalized spacial score (nSPS) is 11.5. The summed E-state index contributed by atoms with van der Waals surface area (Å²) in [6.45, 7) is 4.35. The zero-order valence-corrected chi connectivity index (χ0v) is 10.6. The predicted molar refractivity (Wildman–Crippen MR) is 70.9 cm³/mol. The summed E-state index contributed by atoms with van der Waals surface area (Å²) in [6, 6.07) is 8.31. The Morgan fingerprint density at radius 3 is 2.59 bits per heavy atom. The van der Waals surface area contributed by atoms with Gasteiger partial charge in [0.15, 0.2) is 0 Å². The Morgan fingerprint density at radius 2 is 2.06 bits per heavy atom. The van der Waals surface area contributed by atoms with Gasteiger partial charge in [-0.3, -0.25) is 5.10 Å². The highest BCUT2D eigenvalue weighted by atomic mass is 32.1. The van der Waals surface area contributed by atoms with E-state index in [1.54, 1.807) is 12.5 Å². The molecule has 0 saturated carbocycles. The maximum atomic E-state index is 4.99. The molecule has 5 heteroatoms. The van der Waals surface area contributed by atoms with Crippen LogP contribution in [-0.2, 0) is 0 Å². The Bertz CT molecular complexity index is 563. The fraction of sp³-hybridized carbons (Fsp3) is 0.250. The lowest BCUT2D eigenvalue weighted by Crippen LogP contribution is -1.91. The minimum atomic E-state index is 0.486. The first-order valence-electron chi connectivity index (χ1n) is 5.43. The van der Waals surface area contributed by atoms with Gasteiger partial charge in [0.25, 0.3) is 0 Å². The maximum absolute atomic E-state index is 4.99. The van der Waals surface area contributed by atoms with Crippen molar-refractivity contribution in [3.63, 3.8) is 0 Å². The number of benzene rings is 1. The Kier molecular flexibility index (Phi) is 3.49. The van der Waals surface area contributed by atoms with Crippen molar-refractivity contribution in [2.24, 2.45) is 5.10 Å². The molecule has 1 aromatic carbocycles. The van der Waals surface area contributed by atoms with Crippen LogP contribution >= 0.6 is 12.2 Å². The van der Waals surface area contributed by atoms with Crippen LogP contribution in [0.1, 0.15) is 30.9 Å². The van der Waals surface area contributed by atoms with E-state index in [4.69, 9.17) is 12.2 Å². The zero-order valence-electron chi connectivity index (χ0n) is 9.79. The van der Waals surface area contributed by atoms with E-state index in [2.05, 4.69) is 41.3 Å². The molecule has 4 nitrogen and oxygen atoms in total. The molecule has 1 aromatic heterocycles. The monoisotopic (exact) mass is 246 g/mol. The third-order valence-corrected chi connectivity index (χ3v) is 2.75. The fourth-order valence-electron chi connectivity index (χ4n) is 1.42. The molecule has 88 valence electrons. The molecule has 2 aromatic rings. The predicted octanol–water partition coefficient (Wildman–Crippen LogP) is 2.95. The highest BCUT2D eigenvalue weighted by molar-refractivity contribution is 7.71. The summed E-state index contributed by atoms with van der Waals surface area (Å²) in [5.41, 5.74) is 2.36. The van der Waals surface area contributed by atoms with Gasteiger partial charge in [-0.25, -0.2) is 0 Å². The van der Waals surface area contributed by atoms with Crippen LogP contribution in [0.4, 0.5) is 0 Å². The van der Waals surface area contributed by atoms with Crippen LogP contribution in [0, 0.1) is 4.77 Å². The van der Waals surface area contributed by atoms with Crippen molar-refractivity contribution < 1.29 is 0 Å². The lowest BCUT2D eigenvalue weighted by atomic mass is 10.0. The van der Waals surface area contributed by atoms with Gasteiger partial charge >= 0.3 is 0 Å². The second-order valence-corrected chi connectivity index (χ2v) is 4.46. The standard InChI is InChI=1S/C12H14N4S/c1-9(2)11-5-3-10(4-6-11)7-14-16-8-13-15-12(16)17/h3-9H,1-2H3,(H,15,17)/b14-7-. The Balaban J connectivity index is 2.17. The van der Waals surface area contributed by atoms with Crippen LogP contribution in [0.25, 0.3) is 0 Å². The molecule has 0 unspecified atom stereocenters. The molecule has 0 bridgehead atoms. The molecule has 0 saturated heterocycles. The van der Waals surface area contributed by atoms with Crippen molar-refractivity contribution in [1.82, 2.24) is 14.9 Å². The Morgan fingerprint density at radius 1 is 1.35 bits per heavy atom. The molecular formula is C12H14N4S. The highest BCUT2D eigenvalue weighted by Crippen LogP contribution is 2.13. The summed E-state index contributed by atoms with van der Waals surface area (Å²) in [4.78, 5) is 0. The molecule has 0 fully saturated rings. The van der Waals surface area contributed by atoms with Gasteiger partial charge in [-0.1, -0.05) is 38.1 Å². The topological polar surface area (TPSA) is 46.0 Å². The van der Waals surface area contributed by atoms with Gasteiger partial charge in [0, 0.05) is 0 Å². The van der Waals surface area contributed by atoms with Crippen LogP contribution in [0.2, 0.25) is 0 Å². The summed E-state index contributed by atoms with van der Waals surface area (Å²) in [5, 5.41) is 10.6. The number of aromatic amines is 1. The van der Waals surface area contributed by atoms with Gasteiger partial charge < -0.3 is 0 Å². The maximum Gasteiger partial charge on any atom is 0.216 e. The molecule has 2 rings (SSSR count). The van der Waals surface area contributed by atoms with E-state index in [0.29, 0.717) is 10.7 Å². The van der Waals surface area contributed by atoms with Gasteiger partial charge in [-0.15, -0.1) is 0 Å². The first kappa shape index (κ1) is 11.7. The zero-order chi connectivity index (χ0) is 12.3. The number of nitrogens with one attached hydrogen (secondary N) is 1. The van der Waals surface area contributed by atoms with Crippen LogP contribution in [0.5, 0.6) is 0 Å². The quantitative estimate of drug-likeness (QED) is 0.668. The summed E-state index contributed by atoms with van der Waals surface area (Å²) < 4.78 is 2.01. The summed E-state index contributed by atoms with van der Waals surface area (Å²) >= 11 is 4.99. The summed E-state index contributed by atoms with van der Waals surface area (Å²) in [7, 11) is 0. The second kappa shape index (κ2) is 5.05. The molecule has 0 spiro atoms. The smallest absolute Gasteiger partial charge is 0.216 e. The number of aromatic nitrogens is 3. The van der Waals surface area contributed by atoms with Gasteiger partial charge in [0.2, 0.25) is 4.77 Å². The van der Waals surface area contributed by atoms with Crippen molar-refractivity contribution in [1.29, 1.82) is 0 Å². The molecule has 0 atom stereocenters. The van der Waals surface area contributed by atoms with Gasteiger partial charge in [0.05, 0.1) is 6.21 Å². The second-order valence-electron chi connectivity index (χ2n) is 4.07. The number of nitrogens with zero attached hydrogens (tertiary/aromatic N) is 3. The third kappa shape index (κ3) is 2.88. The average molecular weight is 246 g/mol. The number of hydrogen-bond acceptors (Lipinski definition) is 3. The Labute approximate surface area is 105 Å². The summed E-state index contributed by atoms with van der Waals surface area (Å²) in [5.74, 6) is 0.545. The SMILES string of the molecule is CC(C)c1ccc(/C=N\n2cn[nH]c2=S)cc1. The average Bonchev–Trinajstić information content (AvgIpc) is 2.73. The highest BCUT2D eigenvalue weighted by Gasteiger charge is 1.97. The van der Waals surface area contributed by atoms with E-state index in [-0.39, 0.29) is 0 Å². The number of H-pyrrole nitrogens is 1. The van der Waals surface area contributed by atoms with E-state index in [9.17, 15) is 0 Å². The van der Waals surface area contributed by atoms with Crippen molar-refractivity contribution in [3.8, 4) is 0 Å². The van der Waals surface area contributed by atoms with Gasteiger partial charge in [0.1, 0.15) is 6.33 Å². The molecule has 0 aliphatic rings. The van der Waals surface area contributed by atoms with E-state index in [0.717, 1.165) is 5.56 Å². The van der Waals surface area contributed by atoms with Crippen molar-refractivity contribution in [2.45, 2.75) is 19.8 Å². The van der Waals surface area contributed by atoms with E-state index in [1.807, 2.05) is 12.1 Å². The van der Waals surface area contributed by atoms with Crippen LogP contribution < -0.4 is 0 Å². The minimum absolute atomic E-state index is 0.486. The lowest BCUT2D eigenvalue weighted by molar-refractivity contribution is 0.861. The van der Waals surface area contributed by atoms with Crippen LogP contribution in [0.15, 0.2) is 35.7 Å². The molecule has 1 heterocycles. The van der Waals surface area contributed by atoms with Gasteiger partial charge in [-0.2, -0.15) is 14.9 Å². The minimum Gasteiger partial charge on any atom is -0.250 e. The van der Waals surface area contributed by atoms with E-state index < -0.39 is 0 Å². The molecule has 17 heavy (non-hydrogen) atoms. The van der Waals surface area contributed by atoms with Crippen LogP contribution in [-0.4, -0.2) is 21.1 Å². The number of hydrogen-bond donors (Lipinski definition) is 1. The van der Waals surface area contributed by atoms with E-state index >= 15 is 0 Å². The Hall–Kier alpha value is -1.75. The molecule has 0 aliphatic carbocycles. The largest absolute Gasteiger partial charge is 0.250 e. The van der Waals surface area contributed by atoms with Gasteiger partial charge in [-0.05, 0) is 29.3 Å². The third-order valence-electron chi connectivity index (χ3n) is 2.47. The summed E-state index contributed by atoms with van der Waals surface area (Å²) in [6.07, 6.45) is 3.30. The first-order chi connectivity index (χ1) is 8.16. The molecule has 1 N–H and O–H groups in total. The van der Waals surface area contributed by atoms with Crippen LogP contribution in [0.3, 0.4) is 0 Å². The van der Waals surface area contributed by atoms with E-state index in [1.165, 1.54) is 10.2 Å². The lowest BCUT2D eigenvalue weighted by Gasteiger charge is -2.04. The van der Waals surface area contributed by atoms with Crippen molar-refractivity contribution >= 4 is 18.4 Å². The molecule has 0 aliphatic heterocycles. The van der Waals surface area contributed by atoms with Crippen molar-refractivity contribution in [2.75, 3.05) is 0 Å². The first-order valence-corrected chi connectivity index (χ1v) is 5.84. The number of rotatable bonds is 3. The molecular weight excluding hydrogens is 232 g/mol. The fourth-order valence-corrected chi connectivity index (χ4v) is 1.57. The molecule has 0 amide bonds. The van der Waals surface area contributed by atoms with Crippen molar-refractivity contribution in [3.05, 3.63) is 46.5 Å².